The number of nitrogens with one attached hydrogen (secondary N) is 2. The number of urea groups is 1. The molecule has 7 nitrogen and oxygen atoms in total. The molecule has 0 aliphatic rings. The predicted octanol–water partition coefficient (Wildman–Crippen LogP) is 3.85. The number of sulfone groups is 1. The standard InChI is InChI=1S/C20H26N2O5S2/c1-13(2)17-10-7-11-18(14(3)4)19(17)21-20(23)22-29(26,27)16-9-6-8-15(12-16)28(5,24)25/h6-14H,1-5H3,(H2,21,22,23). The Hall–Kier alpha value is -2.39. The molecule has 9 heteroatoms. The Morgan fingerprint density at radius 1 is 0.828 bits per heavy atom. The Balaban J connectivity index is 2.35. The highest BCUT2D eigenvalue weighted by molar-refractivity contribution is 7.91. The van der Waals surface area contributed by atoms with Crippen LogP contribution in [-0.2, 0) is 19.9 Å². The third kappa shape index (κ3) is 5.57. The molecule has 0 aromatic heterocycles. The Bertz CT molecular complexity index is 1100. The molecule has 0 saturated heterocycles. The Morgan fingerprint density at radius 3 is 1.79 bits per heavy atom. The van der Waals surface area contributed by atoms with E-state index in [1.165, 1.54) is 18.2 Å². The van der Waals surface area contributed by atoms with Crippen molar-refractivity contribution in [3.63, 3.8) is 0 Å². The van der Waals surface area contributed by atoms with Crippen molar-refractivity contribution in [1.29, 1.82) is 0 Å². The molecule has 0 atom stereocenters. The maximum Gasteiger partial charge on any atom is 0.333 e. The van der Waals surface area contributed by atoms with Crippen molar-refractivity contribution < 1.29 is 21.6 Å². The van der Waals surface area contributed by atoms with Gasteiger partial charge in [0.1, 0.15) is 0 Å². The molecule has 0 spiro atoms. The minimum Gasteiger partial charge on any atom is -0.307 e. The molecular formula is C20H26N2O5S2. The molecule has 0 aliphatic carbocycles. The number of sulfonamides is 1. The molecule has 0 unspecified atom stereocenters. The predicted molar refractivity (Wildman–Crippen MR) is 114 cm³/mol. The minimum absolute atomic E-state index is 0.118. The fraction of sp³-hybridized carbons (Fsp3) is 0.350. The molecule has 29 heavy (non-hydrogen) atoms. The molecule has 0 fully saturated rings. The van der Waals surface area contributed by atoms with Crippen molar-refractivity contribution >= 4 is 31.6 Å². The molecule has 158 valence electrons. The second-order valence-corrected chi connectivity index (χ2v) is 11.1. The van der Waals surface area contributed by atoms with E-state index < -0.39 is 25.9 Å². The van der Waals surface area contributed by atoms with Gasteiger partial charge >= 0.3 is 6.03 Å². The van der Waals surface area contributed by atoms with Gasteiger partial charge in [-0.05, 0) is 41.2 Å². The van der Waals surface area contributed by atoms with E-state index in [-0.39, 0.29) is 21.6 Å². The summed E-state index contributed by atoms with van der Waals surface area (Å²) in [6.07, 6.45) is 0.981. The summed E-state index contributed by atoms with van der Waals surface area (Å²) < 4.78 is 50.5. The molecule has 2 amide bonds. The molecule has 0 bridgehead atoms. The van der Waals surface area contributed by atoms with Gasteiger partial charge < -0.3 is 5.32 Å². The van der Waals surface area contributed by atoms with E-state index in [0.29, 0.717) is 5.69 Å². The topological polar surface area (TPSA) is 109 Å². The zero-order valence-electron chi connectivity index (χ0n) is 17.1. The van der Waals surface area contributed by atoms with Crippen LogP contribution in [-0.4, -0.2) is 29.1 Å². The Morgan fingerprint density at radius 2 is 1.31 bits per heavy atom. The van der Waals surface area contributed by atoms with Crippen LogP contribution in [0.1, 0.15) is 50.7 Å². The van der Waals surface area contributed by atoms with Crippen LogP contribution < -0.4 is 10.0 Å². The molecular weight excluding hydrogens is 412 g/mol. The quantitative estimate of drug-likeness (QED) is 0.712. The fourth-order valence-corrected chi connectivity index (χ4v) is 4.58. The lowest BCUT2D eigenvalue weighted by Gasteiger charge is -2.20. The van der Waals surface area contributed by atoms with E-state index >= 15 is 0 Å². The molecule has 0 radical (unpaired) electrons. The molecule has 2 N–H and O–H groups in total. The van der Waals surface area contributed by atoms with Crippen molar-refractivity contribution in [3.8, 4) is 0 Å². The summed E-state index contributed by atoms with van der Waals surface area (Å²) in [5.41, 5.74) is 2.36. The highest BCUT2D eigenvalue weighted by Gasteiger charge is 2.22. The molecule has 0 aliphatic heterocycles. The first-order valence-electron chi connectivity index (χ1n) is 9.09. The molecule has 0 saturated carbocycles. The number of carbonyl (C=O) groups excluding carboxylic acids is 1. The number of rotatable bonds is 6. The van der Waals surface area contributed by atoms with Crippen LogP contribution >= 0.6 is 0 Å². The van der Waals surface area contributed by atoms with E-state index in [2.05, 4.69) is 5.32 Å². The molecule has 2 aromatic carbocycles. The largest absolute Gasteiger partial charge is 0.333 e. The van der Waals surface area contributed by atoms with E-state index in [1.807, 2.05) is 50.6 Å². The second kappa shape index (κ2) is 8.54. The molecule has 0 heterocycles. The first-order chi connectivity index (χ1) is 13.3. The lowest BCUT2D eigenvalue weighted by atomic mass is 9.93. The summed E-state index contributed by atoms with van der Waals surface area (Å²) in [5, 5.41) is 2.67. The van der Waals surface area contributed by atoms with Gasteiger partial charge in [-0.3, -0.25) is 0 Å². The summed E-state index contributed by atoms with van der Waals surface area (Å²) in [6, 6.07) is 9.62. The third-order valence-corrected chi connectivity index (χ3v) is 6.82. The van der Waals surface area contributed by atoms with E-state index in [0.717, 1.165) is 23.4 Å². The van der Waals surface area contributed by atoms with Crippen LogP contribution in [0.4, 0.5) is 10.5 Å². The highest BCUT2D eigenvalue weighted by Crippen LogP contribution is 2.32. The van der Waals surface area contributed by atoms with E-state index in [9.17, 15) is 21.6 Å². The number of para-hydroxylation sites is 1. The highest BCUT2D eigenvalue weighted by atomic mass is 32.2. The van der Waals surface area contributed by atoms with Crippen LogP contribution in [0.25, 0.3) is 0 Å². The smallest absolute Gasteiger partial charge is 0.307 e. The number of hydrogen-bond donors (Lipinski definition) is 2. The summed E-state index contributed by atoms with van der Waals surface area (Å²) >= 11 is 0. The van der Waals surface area contributed by atoms with Crippen LogP contribution in [0, 0.1) is 0 Å². The third-order valence-electron chi connectivity index (χ3n) is 4.38. The summed E-state index contributed by atoms with van der Waals surface area (Å²) in [6.45, 7) is 7.93. The average Bonchev–Trinajstić information content (AvgIpc) is 2.60. The summed E-state index contributed by atoms with van der Waals surface area (Å²) in [5.74, 6) is 0.235. The minimum atomic E-state index is -4.26. The molecule has 2 rings (SSSR count). The van der Waals surface area contributed by atoms with Gasteiger partial charge in [0.2, 0.25) is 0 Å². The number of benzene rings is 2. The van der Waals surface area contributed by atoms with Crippen molar-refractivity contribution in [3.05, 3.63) is 53.6 Å². The van der Waals surface area contributed by atoms with E-state index in [1.54, 1.807) is 0 Å². The lowest BCUT2D eigenvalue weighted by Crippen LogP contribution is -2.35. The monoisotopic (exact) mass is 438 g/mol. The van der Waals surface area contributed by atoms with Gasteiger partial charge in [0, 0.05) is 11.9 Å². The Kier molecular flexibility index (Phi) is 6.74. The number of hydrogen-bond acceptors (Lipinski definition) is 5. The maximum atomic E-state index is 12.6. The van der Waals surface area contributed by atoms with Crippen molar-refractivity contribution in [1.82, 2.24) is 4.72 Å². The normalized spacial score (nSPS) is 12.2. The van der Waals surface area contributed by atoms with E-state index in [4.69, 9.17) is 0 Å². The van der Waals surface area contributed by atoms with Gasteiger partial charge in [0.05, 0.1) is 9.79 Å². The summed E-state index contributed by atoms with van der Waals surface area (Å²) in [4.78, 5) is 12.1. The van der Waals surface area contributed by atoms with Crippen LogP contribution in [0.15, 0.2) is 52.3 Å². The zero-order valence-corrected chi connectivity index (χ0v) is 18.7. The first kappa shape index (κ1) is 22.9. The Labute approximate surface area is 172 Å². The van der Waals surface area contributed by atoms with Gasteiger partial charge in [-0.2, -0.15) is 0 Å². The SMILES string of the molecule is CC(C)c1cccc(C(C)C)c1NC(=O)NS(=O)(=O)c1cccc(S(C)(=O)=O)c1. The zero-order chi connectivity index (χ0) is 22.0. The van der Waals surface area contributed by atoms with Gasteiger partial charge in [-0.25, -0.2) is 26.4 Å². The summed E-state index contributed by atoms with van der Waals surface area (Å²) in [7, 11) is -7.84. The average molecular weight is 439 g/mol. The fourth-order valence-electron chi connectivity index (χ4n) is 2.89. The van der Waals surface area contributed by atoms with Crippen LogP contribution in [0.3, 0.4) is 0 Å². The first-order valence-corrected chi connectivity index (χ1v) is 12.5. The van der Waals surface area contributed by atoms with Crippen molar-refractivity contribution in [2.24, 2.45) is 0 Å². The number of amides is 2. The van der Waals surface area contributed by atoms with Gasteiger partial charge in [-0.1, -0.05) is 52.0 Å². The number of carbonyl (C=O) groups is 1. The van der Waals surface area contributed by atoms with Crippen molar-refractivity contribution in [2.45, 2.75) is 49.3 Å². The van der Waals surface area contributed by atoms with Gasteiger partial charge in [-0.15, -0.1) is 0 Å². The lowest BCUT2D eigenvalue weighted by molar-refractivity contribution is 0.256. The number of anilines is 1. The van der Waals surface area contributed by atoms with Gasteiger partial charge in [0.25, 0.3) is 10.0 Å². The van der Waals surface area contributed by atoms with Crippen LogP contribution in [0.5, 0.6) is 0 Å². The van der Waals surface area contributed by atoms with Crippen LogP contribution in [0.2, 0.25) is 0 Å². The second-order valence-electron chi connectivity index (χ2n) is 7.43. The maximum absolute atomic E-state index is 12.6. The van der Waals surface area contributed by atoms with Gasteiger partial charge in [0.15, 0.2) is 9.84 Å². The van der Waals surface area contributed by atoms with Crippen molar-refractivity contribution in [2.75, 3.05) is 11.6 Å². The molecule has 2 aromatic rings.